The molecule has 3 heteroatoms. The van der Waals surface area contributed by atoms with Crippen LogP contribution in [-0.4, -0.2) is 0 Å². The maximum absolute atomic E-state index is 9.14. The van der Waals surface area contributed by atoms with Gasteiger partial charge in [0.25, 0.3) is 0 Å². The Labute approximate surface area is 114 Å². The second-order valence-corrected chi connectivity index (χ2v) is 5.49. The molecular weight excluding hydrogens is 258 g/mol. The Morgan fingerprint density at radius 2 is 1.33 bits per heavy atom. The first-order valence-corrected chi connectivity index (χ1v) is 7.36. The molecule has 3 rings (SSSR count). The van der Waals surface area contributed by atoms with E-state index in [-0.39, 0.29) is 0 Å². The van der Waals surface area contributed by atoms with Gasteiger partial charge in [-0.1, -0.05) is 0 Å². The SMILES string of the molecule is N#Cc1cc(-c2ccsc2)cc(-c2ccsc2)c1. The minimum absolute atomic E-state index is 0.708. The van der Waals surface area contributed by atoms with Gasteiger partial charge in [-0.15, -0.1) is 0 Å². The van der Waals surface area contributed by atoms with E-state index in [1.165, 1.54) is 11.1 Å². The fourth-order valence-electron chi connectivity index (χ4n) is 1.88. The number of nitrogens with zero attached hydrogens (tertiary/aromatic N) is 1. The number of benzene rings is 1. The first-order valence-electron chi connectivity index (χ1n) is 5.47. The molecule has 0 saturated heterocycles. The third kappa shape index (κ3) is 2.08. The Bertz CT molecular complexity index is 636. The highest BCUT2D eigenvalue weighted by Gasteiger charge is 2.05. The van der Waals surface area contributed by atoms with Gasteiger partial charge in [-0.3, -0.25) is 0 Å². The molecule has 0 saturated carbocycles. The molecule has 0 bridgehead atoms. The van der Waals surface area contributed by atoms with Crippen LogP contribution in [-0.2, 0) is 0 Å². The Morgan fingerprint density at radius 3 is 1.72 bits per heavy atom. The van der Waals surface area contributed by atoms with E-state index >= 15 is 0 Å². The van der Waals surface area contributed by atoms with Crippen molar-refractivity contribution >= 4 is 22.7 Å². The van der Waals surface area contributed by atoms with Gasteiger partial charge < -0.3 is 0 Å². The lowest BCUT2D eigenvalue weighted by atomic mass is 9.99. The van der Waals surface area contributed by atoms with Gasteiger partial charge in [0, 0.05) is 0 Å². The summed E-state index contributed by atoms with van der Waals surface area (Å²) in [7, 11) is 0. The lowest BCUT2D eigenvalue weighted by Gasteiger charge is -2.04. The lowest BCUT2D eigenvalue weighted by Crippen LogP contribution is -1.82. The van der Waals surface area contributed by atoms with Gasteiger partial charge in [0.2, 0.25) is 0 Å². The van der Waals surface area contributed by atoms with E-state index in [1.807, 2.05) is 12.1 Å². The van der Waals surface area contributed by atoms with Crippen LogP contribution >= 0.6 is 22.7 Å². The van der Waals surface area contributed by atoms with Gasteiger partial charge >= 0.3 is 0 Å². The molecule has 0 unspecified atom stereocenters. The van der Waals surface area contributed by atoms with E-state index in [0.29, 0.717) is 5.56 Å². The van der Waals surface area contributed by atoms with E-state index in [1.54, 1.807) is 22.7 Å². The van der Waals surface area contributed by atoms with Crippen LogP contribution in [0.25, 0.3) is 22.3 Å². The van der Waals surface area contributed by atoms with Crippen molar-refractivity contribution in [1.29, 1.82) is 5.26 Å². The van der Waals surface area contributed by atoms with Crippen LogP contribution in [0.15, 0.2) is 51.9 Å². The Morgan fingerprint density at radius 1 is 0.778 bits per heavy atom. The lowest BCUT2D eigenvalue weighted by molar-refractivity contribution is 1.48. The van der Waals surface area contributed by atoms with E-state index in [0.717, 1.165) is 11.1 Å². The van der Waals surface area contributed by atoms with Crippen molar-refractivity contribution in [3.05, 3.63) is 57.4 Å². The zero-order chi connectivity index (χ0) is 12.4. The van der Waals surface area contributed by atoms with Crippen LogP contribution in [0.2, 0.25) is 0 Å². The molecule has 0 aliphatic carbocycles. The first-order chi connectivity index (χ1) is 8.86. The van der Waals surface area contributed by atoms with Gasteiger partial charge in [-0.2, -0.15) is 27.9 Å². The summed E-state index contributed by atoms with van der Waals surface area (Å²) in [4.78, 5) is 0. The molecule has 3 aromatic rings. The minimum atomic E-state index is 0.708. The number of hydrogen-bond donors (Lipinski definition) is 0. The van der Waals surface area contributed by atoms with Crippen molar-refractivity contribution in [3.63, 3.8) is 0 Å². The summed E-state index contributed by atoms with van der Waals surface area (Å²) in [5.74, 6) is 0. The predicted octanol–water partition coefficient (Wildman–Crippen LogP) is 5.02. The van der Waals surface area contributed by atoms with Crippen LogP contribution in [0.1, 0.15) is 5.56 Å². The molecule has 0 aliphatic rings. The molecule has 0 spiro atoms. The molecule has 86 valence electrons. The van der Waals surface area contributed by atoms with E-state index in [4.69, 9.17) is 5.26 Å². The zero-order valence-corrected chi connectivity index (χ0v) is 11.1. The summed E-state index contributed by atoms with van der Waals surface area (Å²) < 4.78 is 0. The van der Waals surface area contributed by atoms with Crippen LogP contribution in [0, 0.1) is 11.3 Å². The van der Waals surface area contributed by atoms with Crippen LogP contribution in [0.5, 0.6) is 0 Å². The molecule has 0 radical (unpaired) electrons. The maximum atomic E-state index is 9.14. The van der Waals surface area contributed by atoms with Crippen LogP contribution in [0.3, 0.4) is 0 Å². The Hall–Kier alpha value is -1.89. The van der Waals surface area contributed by atoms with Gasteiger partial charge in [0.05, 0.1) is 11.6 Å². The van der Waals surface area contributed by atoms with Gasteiger partial charge in [-0.25, -0.2) is 0 Å². The highest BCUT2D eigenvalue weighted by Crippen LogP contribution is 2.30. The first kappa shape index (κ1) is 11.2. The quantitative estimate of drug-likeness (QED) is 0.640. The highest BCUT2D eigenvalue weighted by molar-refractivity contribution is 7.08. The van der Waals surface area contributed by atoms with Crippen LogP contribution in [0.4, 0.5) is 0 Å². The summed E-state index contributed by atoms with van der Waals surface area (Å²) in [5, 5.41) is 17.5. The molecule has 0 atom stereocenters. The maximum Gasteiger partial charge on any atom is 0.0992 e. The average molecular weight is 267 g/mol. The van der Waals surface area contributed by atoms with Crippen molar-refractivity contribution in [2.24, 2.45) is 0 Å². The highest BCUT2D eigenvalue weighted by atomic mass is 32.1. The normalized spacial score (nSPS) is 10.2. The van der Waals surface area contributed by atoms with Gasteiger partial charge in [0.15, 0.2) is 0 Å². The second kappa shape index (κ2) is 4.77. The van der Waals surface area contributed by atoms with E-state index in [2.05, 4.69) is 45.8 Å². The standard InChI is InChI=1S/C15H9NS2/c16-8-11-5-14(12-1-3-17-9-12)7-15(6-11)13-2-4-18-10-13/h1-7,9-10H. The summed E-state index contributed by atoms with van der Waals surface area (Å²) in [6.07, 6.45) is 0. The van der Waals surface area contributed by atoms with Crippen molar-refractivity contribution in [2.45, 2.75) is 0 Å². The molecule has 0 N–H and O–H groups in total. The average Bonchev–Trinajstić information content (AvgIpc) is 3.10. The smallest absolute Gasteiger partial charge is 0.0992 e. The molecular formula is C15H9NS2. The molecule has 2 aromatic heterocycles. The molecule has 18 heavy (non-hydrogen) atoms. The van der Waals surface area contributed by atoms with Crippen molar-refractivity contribution in [1.82, 2.24) is 0 Å². The molecule has 0 aliphatic heterocycles. The summed E-state index contributed by atoms with van der Waals surface area (Å²) in [5.41, 5.74) is 5.27. The monoisotopic (exact) mass is 267 g/mol. The minimum Gasteiger partial charge on any atom is -0.192 e. The topological polar surface area (TPSA) is 23.8 Å². The number of thiophene rings is 2. The van der Waals surface area contributed by atoms with Crippen molar-refractivity contribution in [3.8, 4) is 28.3 Å². The van der Waals surface area contributed by atoms with Gasteiger partial charge in [0.1, 0.15) is 0 Å². The predicted molar refractivity (Wildman–Crippen MR) is 77.8 cm³/mol. The number of nitriles is 1. The van der Waals surface area contributed by atoms with Crippen molar-refractivity contribution in [2.75, 3.05) is 0 Å². The summed E-state index contributed by atoms with van der Waals surface area (Å²) in [6.45, 7) is 0. The third-order valence-electron chi connectivity index (χ3n) is 2.77. The number of hydrogen-bond acceptors (Lipinski definition) is 3. The largest absolute Gasteiger partial charge is 0.192 e. The molecule has 2 heterocycles. The van der Waals surface area contributed by atoms with E-state index in [9.17, 15) is 0 Å². The van der Waals surface area contributed by atoms with E-state index < -0.39 is 0 Å². The number of rotatable bonds is 2. The Kier molecular flexibility index (Phi) is 2.97. The molecule has 0 amide bonds. The molecule has 0 fully saturated rings. The van der Waals surface area contributed by atoms with Crippen LogP contribution < -0.4 is 0 Å². The fraction of sp³-hybridized carbons (Fsp3) is 0. The van der Waals surface area contributed by atoms with Gasteiger partial charge in [-0.05, 0) is 74.1 Å². The summed E-state index contributed by atoms with van der Waals surface area (Å²) in [6, 6.07) is 12.4. The second-order valence-electron chi connectivity index (χ2n) is 3.93. The summed E-state index contributed by atoms with van der Waals surface area (Å²) >= 11 is 3.34. The zero-order valence-electron chi connectivity index (χ0n) is 9.46. The Balaban J connectivity index is 2.17. The molecule has 1 nitrogen and oxygen atoms in total. The third-order valence-corrected chi connectivity index (χ3v) is 4.14. The fourth-order valence-corrected chi connectivity index (χ4v) is 3.21. The molecule has 1 aromatic carbocycles. The van der Waals surface area contributed by atoms with Crippen molar-refractivity contribution < 1.29 is 0 Å².